The number of phenols is 1. The molecule has 0 fully saturated rings. The summed E-state index contributed by atoms with van der Waals surface area (Å²) in [4.78, 5) is 0. The molecule has 5 N–H and O–H groups in total. The Morgan fingerprint density at radius 3 is 2.36 bits per heavy atom. The number of ether oxygens (including phenoxy) is 3. The second kappa shape index (κ2) is 8.24. The average Bonchev–Trinajstić information content (AvgIpc) is 3.10. The van der Waals surface area contributed by atoms with Gasteiger partial charge in [-0.25, -0.2) is 0 Å². The Labute approximate surface area is 162 Å². The Morgan fingerprint density at radius 2 is 1.75 bits per heavy atom. The normalized spacial score (nSPS) is 20.2. The maximum Gasteiger partial charge on any atom is 0.165 e. The third-order valence-corrected chi connectivity index (χ3v) is 4.96. The monoisotopic (exact) mass is 392 g/mol. The van der Waals surface area contributed by atoms with Crippen LogP contribution in [0.1, 0.15) is 34.8 Å². The molecule has 0 saturated carbocycles. The number of aromatic hydroxyl groups is 1. The molecule has 0 aliphatic carbocycles. The molecule has 1 aliphatic heterocycles. The van der Waals surface area contributed by atoms with Crippen molar-refractivity contribution in [1.82, 2.24) is 0 Å². The highest BCUT2D eigenvalue weighted by molar-refractivity contribution is 5.56. The van der Waals surface area contributed by atoms with E-state index in [0.717, 1.165) is 0 Å². The van der Waals surface area contributed by atoms with Crippen molar-refractivity contribution in [1.29, 1.82) is 0 Å². The Balaban J connectivity index is 2.04. The van der Waals surface area contributed by atoms with Gasteiger partial charge in [0.2, 0.25) is 0 Å². The van der Waals surface area contributed by atoms with Gasteiger partial charge in [-0.15, -0.1) is 0 Å². The van der Waals surface area contributed by atoms with Crippen molar-refractivity contribution in [3.63, 3.8) is 0 Å². The molecule has 0 aromatic heterocycles. The first-order chi connectivity index (χ1) is 13.4. The first kappa shape index (κ1) is 20.2. The van der Waals surface area contributed by atoms with Crippen molar-refractivity contribution >= 4 is 0 Å². The number of aliphatic hydroxyl groups is 4. The molecule has 0 saturated heterocycles. The lowest BCUT2D eigenvalue weighted by Crippen LogP contribution is -2.22. The molecular formula is C20H24O8. The van der Waals surface area contributed by atoms with E-state index in [4.69, 9.17) is 19.3 Å². The van der Waals surface area contributed by atoms with Crippen LogP contribution in [-0.2, 0) is 0 Å². The summed E-state index contributed by atoms with van der Waals surface area (Å²) in [5, 5.41) is 49.0. The van der Waals surface area contributed by atoms with Crippen LogP contribution in [-0.4, -0.2) is 59.1 Å². The highest BCUT2D eigenvalue weighted by atomic mass is 16.5. The summed E-state index contributed by atoms with van der Waals surface area (Å²) in [6.07, 6.45) is -3.25. The molecular weight excluding hydrogens is 368 g/mol. The van der Waals surface area contributed by atoms with Crippen LogP contribution in [0, 0.1) is 0 Å². The van der Waals surface area contributed by atoms with Gasteiger partial charge in [-0.1, -0.05) is 6.07 Å². The maximum atomic E-state index is 10.3. The van der Waals surface area contributed by atoms with E-state index in [9.17, 15) is 20.4 Å². The van der Waals surface area contributed by atoms with E-state index < -0.39 is 30.8 Å². The van der Waals surface area contributed by atoms with Gasteiger partial charge in [-0.3, -0.25) is 0 Å². The molecule has 3 rings (SSSR count). The van der Waals surface area contributed by atoms with Crippen molar-refractivity contribution in [3.8, 4) is 23.0 Å². The van der Waals surface area contributed by atoms with E-state index in [1.54, 1.807) is 18.2 Å². The lowest BCUT2D eigenvalue weighted by molar-refractivity contribution is -0.0153. The SMILES string of the molecule is COc1cc([C@H]2Oc3c(OC)cc([C@@H](O)[C@@H](O)CO)cc3[C@@H]2CO)ccc1O. The van der Waals surface area contributed by atoms with Crippen molar-refractivity contribution in [2.75, 3.05) is 27.4 Å². The number of hydrogen-bond donors (Lipinski definition) is 5. The molecule has 0 amide bonds. The van der Waals surface area contributed by atoms with Crippen molar-refractivity contribution in [2.45, 2.75) is 24.2 Å². The number of methoxy groups -OCH3 is 2. The number of rotatable bonds is 7. The largest absolute Gasteiger partial charge is 0.504 e. The van der Waals surface area contributed by atoms with Gasteiger partial charge in [0, 0.05) is 5.56 Å². The number of phenolic OH excluding ortho intramolecular Hbond substituents is 1. The molecule has 0 radical (unpaired) electrons. The van der Waals surface area contributed by atoms with Gasteiger partial charge in [-0.05, 0) is 35.4 Å². The molecule has 1 aliphatic rings. The van der Waals surface area contributed by atoms with E-state index >= 15 is 0 Å². The van der Waals surface area contributed by atoms with E-state index in [1.807, 2.05) is 0 Å². The Kier molecular flexibility index (Phi) is 5.95. The topological polar surface area (TPSA) is 129 Å². The maximum absolute atomic E-state index is 10.3. The van der Waals surface area contributed by atoms with Crippen molar-refractivity contribution < 1.29 is 39.7 Å². The van der Waals surface area contributed by atoms with E-state index in [-0.39, 0.29) is 18.1 Å². The van der Waals surface area contributed by atoms with Gasteiger partial charge in [0.1, 0.15) is 18.3 Å². The summed E-state index contributed by atoms with van der Waals surface area (Å²) in [5.41, 5.74) is 1.63. The standard InChI is InChI=1S/C20H24O8/c1-26-16-6-10(3-4-14(16)23)19-13(8-21)12-5-11(18(25)15(24)9-22)7-17(27-2)20(12)28-19/h3-7,13,15,18-19,21-25H,8-9H2,1-2H3/t13-,15-,18+,19+/m0/s1. The van der Waals surface area contributed by atoms with Gasteiger partial charge in [0.15, 0.2) is 23.0 Å². The second-order valence-electron chi connectivity index (χ2n) is 6.60. The molecule has 2 aromatic rings. The van der Waals surface area contributed by atoms with Crippen LogP contribution in [0.25, 0.3) is 0 Å². The van der Waals surface area contributed by atoms with Crippen LogP contribution in [0.2, 0.25) is 0 Å². The lowest BCUT2D eigenvalue weighted by atomic mass is 9.89. The minimum atomic E-state index is -1.35. The molecule has 0 bridgehead atoms. The van der Waals surface area contributed by atoms with E-state index in [2.05, 4.69) is 0 Å². The lowest BCUT2D eigenvalue weighted by Gasteiger charge is -2.19. The van der Waals surface area contributed by atoms with Crippen LogP contribution < -0.4 is 14.2 Å². The fraction of sp³-hybridized carbons (Fsp3) is 0.400. The number of hydrogen-bond acceptors (Lipinski definition) is 8. The summed E-state index contributed by atoms with van der Waals surface area (Å²) in [5.74, 6) is 0.555. The molecule has 0 spiro atoms. The molecule has 8 nitrogen and oxygen atoms in total. The summed E-state index contributed by atoms with van der Waals surface area (Å²) in [6.45, 7) is -0.845. The fourth-order valence-corrected chi connectivity index (χ4v) is 3.43. The zero-order chi connectivity index (χ0) is 20.4. The predicted molar refractivity (Wildman–Crippen MR) is 98.9 cm³/mol. The summed E-state index contributed by atoms with van der Waals surface area (Å²) < 4.78 is 16.6. The van der Waals surface area contributed by atoms with Crippen LogP contribution >= 0.6 is 0 Å². The van der Waals surface area contributed by atoms with Crippen LogP contribution in [0.5, 0.6) is 23.0 Å². The first-order valence-electron chi connectivity index (χ1n) is 8.78. The highest BCUT2D eigenvalue weighted by Crippen LogP contribution is 2.52. The van der Waals surface area contributed by atoms with Gasteiger partial charge in [0.05, 0.1) is 33.4 Å². The van der Waals surface area contributed by atoms with Gasteiger partial charge < -0.3 is 39.7 Å². The predicted octanol–water partition coefficient (Wildman–Crippen LogP) is 1.01. The fourth-order valence-electron chi connectivity index (χ4n) is 3.43. The Bertz CT molecular complexity index is 837. The van der Waals surface area contributed by atoms with E-state index in [0.29, 0.717) is 28.2 Å². The van der Waals surface area contributed by atoms with Gasteiger partial charge >= 0.3 is 0 Å². The first-order valence-corrected chi connectivity index (χ1v) is 8.78. The number of benzene rings is 2. The number of fused-ring (bicyclic) bond motifs is 1. The minimum Gasteiger partial charge on any atom is -0.504 e. The molecule has 8 heteroatoms. The van der Waals surface area contributed by atoms with Gasteiger partial charge in [0.25, 0.3) is 0 Å². The Morgan fingerprint density at radius 1 is 1.04 bits per heavy atom. The molecule has 0 unspecified atom stereocenters. The smallest absolute Gasteiger partial charge is 0.165 e. The van der Waals surface area contributed by atoms with Crippen LogP contribution in [0.3, 0.4) is 0 Å². The van der Waals surface area contributed by atoms with E-state index in [1.165, 1.54) is 26.4 Å². The third kappa shape index (κ3) is 3.47. The summed E-state index contributed by atoms with van der Waals surface area (Å²) >= 11 is 0. The molecule has 152 valence electrons. The highest BCUT2D eigenvalue weighted by Gasteiger charge is 2.38. The minimum absolute atomic E-state index is 0.0108. The van der Waals surface area contributed by atoms with Crippen molar-refractivity contribution in [3.05, 3.63) is 47.0 Å². The zero-order valence-corrected chi connectivity index (χ0v) is 15.6. The van der Waals surface area contributed by atoms with Crippen LogP contribution in [0.4, 0.5) is 0 Å². The quantitative estimate of drug-likeness (QED) is 0.472. The third-order valence-electron chi connectivity index (χ3n) is 4.96. The molecule has 2 aromatic carbocycles. The Hall–Kier alpha value is -2.52. The molecule has 4 atom stereocenters. The molecule has 1 heterocycles. The van der Waals surface area contributed by atoms with Gasteiger partial charge in [-0.2, -0.15) is 0 Å². The summed E-state index contributed by atoms with van der Waals surface area (Å²) in [7, 11) is 2.89. The van der Waals surface area contributed by atoms with Crippen molar-refractivity contribution in [2.24, 2.45) is 0 Å². The average molecular weight is 392 g/mol. The summed E-state index contributed by atoms with van der Waals surface area (Å²) in [6, 6.07) is 7.94. The van der Waals surface area contributed by atoms with Crippen LogP contribution in [0.15, 0.2) is 30.3 Å². The number of aliphatic hydroxyl groups excluding tert-OH is 4. The molecule has 28 heavy (non-hydrogen) atoms. The zero-order valence-electron chi connectivity index (χ0n) is 15.6. The second-order valence-corrected chi connectivity index (χ2v) is 6.60.